The van der Waals surface area contributed by atoms with E-state index in [2.05, 4.69) is 35.0 Å². The van der Waals surface area contributed by atoms with Crippen LogP contribution < -0.4 is 11.1 Å². The van der Waals surface area contributed by atoms with Crippen molar-refractivity contribution in [3.63, 3.8) is 0 Å². The minimum atomic E-state index is -1.20. The number of hydrogen-bond acceptors (Lipinski definition) is 7. The van der Waals surface area contributed by atoms with Crippen LogP contribution in [0.5, 0.6) is 5.75 Å². The molecular weight excluding hydrogens is 635 g/mol. The zero-order valence-corrected chi connectivity index (χ0v) is 31.4. The molecule has 0 saturated heterocycles. The summed E-state index contributed by atoms with van der Waals surface area (Å²) >= 11 is 0. The zero-order chi connectivity index (χ0) is 35.3. The number of amides is 2. The summed E-state index contributed by atoms with van der Waals surface area (Å²) in [6.45, 7) is 14.3. The van der Waals surface area contributed by atoms with E-state index in [0.29, 0.717) is 48.5 Å². The van der Waals surface area contributed by atoms with E-state index < -0.39 is 19.9 Å². The topological polar surface area (TPSA) is 150 Å². The normalized spacial score (nSPS) is 17.0. The highest BCUT2D eigenvalue weighted by Crippen LogP contribution is 2.48. The lowest BCUT2D eigenvalue weighted by molar-refractivity contribution is -0.120. The Bertz CT molecular complexity index is 1580. The molecule has 268 valence electrons. The minimum Gasteiger partial charge on any atom is -0.504 e. The number of anilines is 1. The third-order valence-corrected chi connectivity index (χ3v) is 12.5. The fraction of sp³-hybridized carbons (Fsp3) is 0.649. The second-order valence-electron chi connectivity index (χ2n) is 15.5. The molecule has 11 nitrogen and oxygen atoms in total. The van der Waals surface area contributed by atoms with Gasteiger partial charge >= 0.3 is 0 Å². The van der Waals surface area contributed by atoms with Gasteiger partial charge in [-0.25, -0.2) is 9.67 Å². The monoisotopic (exact) mass is 691 g/mol. The number of nitrogens with zero attached hydrogens (tertiary/aromatic N) is 5. The lowest BCUT2D eigenvalue weighted by atomic mass is 9.63. The highest BCUT2D eigenvalue weighted by molar-refractivity contribution is 6.76. The number of carbonyl (C=O) groups is 2. The molecule has 3 aromatic heterocycles. The molecule has 0 bridgehead atoms. The molecule has 0 unspecified atom stereocenters. The quantitative estimate of drug-likeness (QED) is 0.118. The molecule has 5 rings (SSSR count). The Morgan fingerprint density at radius 1 is 1.02 bits per heavy atom. The number of aromatic nitrogens is 5. The Morgan fingerprint density at radius 2 is 1.65 bits per heavy atom. The van der Waals surface area contributed by atoms with Gasteiger partial charge in [0.2, 0.25) is 5.91 Å². The van der Waals surface area contributed by atoms with Crippen LogP contribution in [-0.2, 0) is 22.8 Å². The van der Waals surface area contributed by atoms with E-state index in [1.807, 2.05) is 25.5 Å². The maximum atomic E-state index is 14.6. The van der Waals surface area contributed by atoms with Crippen LogP contribution in [-0.4, -0.2) is 56.1 Å². The zero-order valence-electron chi connectivity index (χ0n) is 30.4. The smallest absolute Gasteiger partial charge is 0.267 e. The number of hydrogen-bond donors (Lipinski definition) is 3. The van der Waals surface area contributed by atoms with Crippen molar-refractivity contribution in [1.82, 2.24) is 24.5 Å². The summed E-state index contributed by atoms with van der Waals surface area (Å²) in [5.74, 6) is -0.841. The van der Waals surface area contributed by atoms with Crippen molar-refractivity contribution < 1.29 is 19.4 Å². The number of ether oxygens (including phenoxy) is 1. The van der Waals surface area contributed by atoms with E-state index in [4.69, 9.17) is 15.6 Å². The molecule has 4 N–H and O–H groups in total. The maximum Gasteiger partial charge on any atom is 0.267 e. The van der Waals surface area contributed by atoms with E-state index in [9.17, 15) is 14.7 Å². The van der Waals surface area contributed by atoms with Crippen molar-refractivity contribution >= 4 is 25.7 Å². The Hall–Kier alpha value is -3.51. The Labute approximate surface area is 292 Å². The van der Waals surface area contributed by atoms with Crippen LogP contribution in [0, 0.1) is 31.6 Å². The average molecular weight is 692 g/mol. The first-order chi connectivity index (χ1) is 23.4. The van der Waals surface area contributed by atoms with Crippen molar-refractivity contribution in [2.24, 2.45) is 23.5 Å². The molecule has 3 heterocycles. The van der Waals surface area contributed by atoms with Crippen molar-refractivity contribution in [2.75, 3.05) is 11.9 Å². The first-order valence-corrected chi connectivity index (χ1v) is 22.1. The van der Waals surface area contributed by atoms with Crippen LogP contribution in [0.2, 0.25) is 25.7 Å². The van der Waals surface area contributed by atoms with Gasteiger partial charge < -0.3 is 20.9 Å². The summed E-state index contributed by atoms with van der Waals surface area (Å²) < 4.78 is 9.40. The predicted molar refractivity (Wildman–Crippen MR) is 195 cm³/mol. The highest BCUT2D eigenvalue weighted by Gasteiger charge is 2.43. The molecule has 2 aliphatic carbocycles. The van der Waals surface area contributed by atoms with E-state index >= 15 is 0 Å². The Kier molecular flexibility index (Phi) is 12.0. The number of rotatable bonds is 14. The molecule has 0 radical (unpaired) electrons. The van der Waals surface area contributed by atoms with Gasteiger partial charge in [0, 0.05) is 49.8 Å². The molecule has 12 heteroatoms. The molecule has 49 heavy (non-hydrogen) atoms. The Balaban J connectivity index is 1.45. The van der Waals surface area contributed by atoms with Gasteiger partial charge in [0.15, 0.2) is 11.6 Å². The van der Waals surface area contributed by atoms with Gasteiger partial charge in [-0.15, -0.1) is 0 Å². The highest BCUT2D eigenvalue weighted by atomic mass is 28.3. The molecule has 0 spiro atoms. The SMILES string of the molecule is CCn1ncc([C@@H](C(=O)Nc2ncc(-c3c(C)nn(COCC[Si](C)(C)C)c3C)cc2O)C(C2CCCCC2)C2CCCCC2)c1C(N)=O. The molecule has 0 aliphatic heterocycles. The lowest BCUT2D eigenvalue weighted by Crippen LogP contribution is -2.39. The number of nitrogens with two attached hydrogens (primary N) is 1. The second kappa shape index (κ2) is 16.0. The predicted octanol–water partition coefficient (Wildman–Crippen LogP) is 7.39. The summed E-state index contributed by atoms with van der Waals surface area (Å²) in [4.78, 5) is 32.1. The van der Waals surface area contributed by atoms with E-state index in [1.165, 1.54) is 12.8 Å². The molecule has 1 atom stereocenters. The third-order valence-electron chi connectivity index (χ3n) is 10.8. The van der Waals surface area contributed by atoms with Crippen molar-refractivity contribution in [1.29, 1.82) is 0 Å². The molecule has 2 amide bonds. The molecule has 3 aromatic rings. The Morgan fingerprint density at radius 3 is 2.20 bits per heavy atom. The van der Waals surface area contributed by atoms with Gasteiger partial charge in [0.05, 0.1) is 17.8 Å². The summed E-state index contributed by atoms with van der Waals surface area (Å²) in [6, 6.07) is 2.71. The van der Waals surface area contributed by atoms with Crippen LogP contribution in [0.1, 0.15) is 104 Å². The van der Waals surface area contributed by atoms with Gasteiger partial charge in [0.1, 0.15) is 12.4 Å². The van der Waals surface area contributed by atoms with Crippen LogP contribution >= 0.6 is 0 Å². The van der Waals surface area contributed by atoms with E-state index in [1.54, 1.807) is 23.1 Å². The van der Waals surface area contributed by atoms with Gasteiger partial charge in [-0.2, -0.15) is 10.2 Å². The minimum absolute atomic E-state index is 0.0266. The molecule has 2 saturated carbocycles. The van der Waals surface area contributed by atoms with Crippen LogP contribution in [0.3, 0.4) is 0 Å². The number of aromatic hydroxyl groups is 1. The summed E-state index contributed by atoms with van der Waals surface area (Å²) in [6.07, 6.45) is 14.6. The standard InChI is InChI=1S/C37H57N7O4Si/c1-7-43-34(35(38)46)29(22-40-43)33(32(26-14-10-8-11-15-26)27-16-12-9-13-17-27)37(47)41-36-30(45)20-28(21-39-36)31-24(2)42-44(25(31)3)23-48-18-19-49(4,5)6/h20-22,26-27,32-33,45H,7-19,23H2,1-6H3,(H2,38,46)(H,39,41,47)/t33-/m1/s1. The summed E-state index contributed by atoms with van der Waals surface area (Å²) in [5, 5.41) is 23.5. The molecule has 2 fully saturated rings. The average Bonchev–Trinajstić information content (AvgIpc) is 3.62. The van der Waals surface area contributed by atoms with Crippen LogP contribution in [0.25, 0.3) is 11.1 Å². The van der Waals surface area contributed by atoms with Crippen molar-refractivity contribution in [3.05, 3.63) is 41.1 Å². The molecular formula is C37H57N7O4Si. The largest absolute Gasteiger partial charge is 0.504 e. The van der Waals surface area contributed by atoms with Crippen molar-refractivity contribution in [2.45, 2.75) is 130 Å². The second-order valence-corrected chi connectivity index (χ2v) is 21.1. The van der Waals surface area contributed by atoms with Crippen LogP contribution in [0.15, 0.2) is 18.5 Å². The summed E-state index contributed by atoms with van der Waals surface area (Å²) in [5.41, 5.74) is 10.1. The summed E-state index contributed by atoms with van der Waals surface area (Å²) in [7, 11) is -1.20. The van der Waals surface area contributed by atoms with Gasteiger partial charge in [-0.05, 0) is 50.6 Å². The van der Waals surface area contributed by atoms with Gasteiger partial charge in [-0.3, -0.25) is 14.3 Å². The number of aryl methyl sites for hydroxylation is 2. The first-order valence-electron chi connectivity index (χ1n) is 18.4. The van der Waals surface area contributed by atoms with Crippen LogP contribution in [0.4, 0.5) is 5.82 Å². The fourth-order valence-corrected chi connectivity index (χ4v) is 9.03. The fourth-order valence-electron chi connectivity index (χ4n) is 8.28. The third kappa shape index (κ3) is 8.63. The van der Waals surface area contributed by atoms with Gasteiger partial charge in [0.25, 0.3) is 5.91 Å². The van der Waals surface area contributed by atoms with E-state index in [0.717, 1.165) is 74.4 Å². The van der Waals surface area contributed by atoms with E-state index in [-0.39, 0.29) is 23.4 Å². The lowest BCUT2D eigenvalue weighted by Gasteiger charge is -2.41. The van der Waals surface area contributed by atoms with Crippen molar-refractivity contribution in [3.8, 4) is 16.9 Å². The number of carbonyl (C=O) groups excluding carboxylic acids is 2. The number of primary amides is 1. The number of nitrogens with one attached hydrogen (secondary N) is 1. The molecule has 0 aromatic carbocycles. The number of pyridine rings is 1. The first kappa shape index (κ1) is 36.8. The molecule has 2 aliphatic rings. The maximum absolute atomic E-state index is 14.6. The van der Waals surface area contributed by atoms with Gasteiger partial charge in [-0.1, -0.05) is 83.8 Å².